The Morgan fingerprint density at radius 1 is 1.08 bits per heavy atom. The third-order valence-corrected chi connectivity index (χ3v) is 5.75. The molecule has 2 aromatic rings. The van der Waals surface area contributed by atoms with Gasteiger partial charge in [0.05, 0.1) is 11.4 Å². The van der Waals surface area contributed by atoms with E-state index in [1.165, 1.54) is 12.1 Å². The summed E-state index contributed by atoms with van der Waals surface area (Å²) >= 11 is 5.77. The van der Waals surface area contributed by atoms with Gasteiger partial charge in [-0.2, -0.15) is 0 Å². The zero-order chi connectivity index (χ0) is 16.9. The summed E-state index contributed by atoms with van der Waals surface area (Å²) in [6.07, 6.45) is -0.630. The van der Waals surface area contributed by atoms with Crippen LogP contribution in [0, 0.1) is 0 Å². The van der Waals surface area contributed by atoms with Gasteiger partial charge in [-0.15, -0.1) is 0 Å². The highest BCUT2D eigenvalue weighted by Gasteiger charge is 2.21. The van der Waals surface area contributed by atoms with Crippen LogP contribution in [-0.2, 0) is 9.84 Å². The van der Waals surface area contributed by atoms with E-state index in [4.69, 9.17) is 11.6 Å². The molecule has 2 aromatic carbocycles. The molecule has 24 heavy (non-hydrogen) atoms. The number of aliphatic hydroxyl groups excluding tert-OH is 1. The number of quaternary nitrogens is 1. The Labute approximate surface area is 154 Å². The first-order valence-corrected chi connectivity index (χ1v) is 9.48. The van der Waals surface area contributed by atoms with Crippen LogP contribution < -0.4 is 17.7 Å². The molecular formula is C17H21Cl2NO3S. The zero-order valence-electron chi connectivity index (χ0n) is 13.3. The van der Waals surface area contributed by atoms with E-state index < -0.39 is 15.9 Å². The molecule has 2 atom stereocenters. The SMILES string of the molecule is CC([NH2+]CCS(=O)(=O)c1ccc(Cl)cc1)C(O)c1ccccc1.[Cl-]. The standard InChI is InChI=1S/C17H20ClNO3S.ClH/c1-13(17(20)14-5-3-2-4-6-14)19-11-12-23(21,22)16-9-7-15(18)8-10-16;/h2-10,13,17,19-20H,11-12H2,1H3;1H. The summed E-state index contributed by atoms with van der Waals surface area (Å²) in [5, 5.41) is 12.6. The lowest BCUT2D eigenvalue weighted by molar-refractivity contribution is -0.690. The van der Waals surface area contributed by atoms with Crippen LogP contribution in [0.4, 0.5) is 0 Å². The van der Waals surface area contributed by atoms with Gasteiger partial charge in [-0.1, -0.05) is 41.9 Å². The van der Waals surface area contributed by atoms with Crippen molar-refractivity contribution in [3.8, 4) is 0 Å². The van der Waals surface area contributed by atoms with Gasteiger partial charge in [0, 0.05) is 5.02 Å². The van der Waals surface area contributed by atoms with Gasteiger partial charge in [0.25, 0.3) is 0 Å². The van der Waals surface area contributed by atoms with E-state index in [1.807, 2.05) is 42.6 Å². The second kappa shape index (κ2) is 9.39. The van der Waals surface area contributed by atoms with E-state index in [0.717, 1.165) is 5.56 Å². The Hall–Kier alpha value is -1.11. The fourth-order valence-corrected chi connectivity index (χ4v) is 3.69. The van der Waals surface area contributed by atoms with E-state index in [0.29, 0.717) is 11.6 Å². The first-order chi connectivity index (χ1) is 10.9. The van der Waals surface area contributed by atoms with Gasteiger partial charge in [0.2, 0.25) is 0 Å². The minimum atomic E-state index is -3.33. The van der Waals surface area contributed by atoms with Crippen molar-refractivity contribution in [3.63, 3.8) is 0 Å². The molecule has 0 bridgehead atoms. The summed E-state index contributed by atoms with van der Waals surface area (Å²) < 4.78 is 24.5. The Kier molecular flexibility index (Phi) is 8.19. The van der Waals surface area contributed by atoms with Crippen LogP contribution >= 0.6 is 11.6 Å². The molecule has 0 saturated heterocycles. The van der Waals surface area contributed by atoms with Crippen LogP contribution in [-0.4, -0.2) is 31.9 Å². The van der Waals surface area contributed by atoms with Crippen molar-refractivity contribution in [2.45, 2.75) is 24.0 Å². The van der Waals surface area contributed by atoms with Crippen LogP contribution in [0.15, 0.2) is 59.5 Å². The van der Waals surface area contributed by atoms with Crippen LogP contribution in [0.25, 0.3) is 0 Å². The molecule has 0 aromatic heterocycles. The largest absolute Gasteiger partial charge is 1.00 e. The van der Waals surface area contributed by atoms with Gasteiger partial charge < -0.3 is 22.8 Å². The molecule has 2 rings (SSSR count). The molecule has 0 aliphatic heterocycles. The van der Waals surface area contributed by atoms with Crippen molar-refractivity contribution in [1.82, 2.24) is 0 Å². The maximum Gasteiger partial charge on any atom is 0.183 e. The molecule has 2 unspecified atom stereocenters. The van der Waals surface area contributed by atoms with Crippen molar-refractivity contribution in [3.05, 3.63) is 65.2 Å². The number of sulfone groups is 1. The number of nitrogens with two attached hydrogens (primary N) is 1. The van der Waals surface area contributed by atoms with Crippen molar-refractivity contribution in [2.24, 2.45) is 0 Å². The van der Waals surface area contributed by atoms with Gasteiger partial charge in [0.1, 0.15) is 17.9 Å². The summed E-state index contributed by atoms with van der Waals surface area (Å²) in [6, 6.07) is 15.4. The van der Waals surface area contributed by atoms with E-state index in [2.05, 4.69) is 0 Å². The molecule has 0 fully saturated rings. The van der Waals surface area contributed by atoms with E-state index >= 15 is 0 Å². The second-order valence-electron chi connectivity index (χ2n) is 5.51. The summed E-state index contributed by atoms with van der Waals surface area (Å²) in [5.41, 5.74) is 0.830. The van der Waals surface area contributed by atoms with Crippen LogP contribution in [0.3, 0.4) is 0 Å². The average Bonchev–Trinajstić information content (AvgIpc) is 2.55. The number of aliphatic hydroxyl groups is 1. The molecule has 7 heteroatoms. The summed E-state index contributed by atoms with van der Waals surface area (Å²) in [4.78, 5) is 0.270. The number of hydrogen-bond donors (Lipinski definition) is 2. The number of hydrogen-bond acceptors (Lipinski definition) is 3. The zero-order valence-corrected chi connectivity index (χ0v) is 15.6. The number of benzene rings is 2. The second-order valence-corrected chi connectivity index (χ2v) is 8.06. The molecule has 0 spiro atoms. The molecule has 132 valence electrons. The van der Waals surface area contributed by atoms with Crippen molar-refractivity contribution in [1.29, 1.82) is 0 Å². The van der Waals surface area contributed by atoms with Crippen molar-refractivity contribution >= 4 is 21.4 Å². The third kappa shape index (κ3) is 5.76. The smallest absolute Gasteiger partial charge is 0.183 e. The molecular weight excluding hydrogens is 369 g/mol. The van der Waals surface area contributed by atoms with E-state index in [-0.39, 0.29) is 29.1 Å². The van der Waals surface area contributed by atoms with Gasteiger partial charge in [-0.3, -0.25) is 0 Å². The molecule has 4 nitrogen and oxygen atoms in total. The first-order valence-electron chi connectivity index (χ1n) is 7.45. The Morgan fingerprint density at radius 2 is 1.67 bits per heavy atom. The normalized spacial score (nSPS) is 13.8. The molecule has 0 aliphatic carbocycles. The van der Waals surface area contributed by atoms with Gasteiger partial charge in [-0.25, -0.2) is 8.42 Å². The first kappa shape index (κ1) is 20.9. The molecule has 0 saturated carbocycles. The van der Waals surface area contributed by atoms with Gasteiger partial charge >= 0.3 is 0 Å². The predicted molar refractivity (Wildman–Crippen MR) is 91.2 cm³/mol. The molecule has 0 amide bonds. The van der Waals surface area contributed by atoms with Crippen LogP contribution in [0.5, 0.6) is 0 Å². The minimum Gasteiger partial charge on any atom is -1.00 e. The summed E-state index contributed by atoms with van der Waals surface area (Å²) in [5.74, 6) is 0.0144. The van der Waals surface area contributed by atoms with Crippen LogP contribution in [0.2, 0.25) is 5.02 Å². The average molecular weight is 390 g/mol. The Morgan fingerprint density at radius 3 is 2.25 bits per heavy atom. The molecule has 3 N–H and O–H groups in total. The molecule has 0 aliphatic rings. The topological polar surface area (TPSA) is 71.0 Å². The minimum absolute atomic E-state index is 0. The fourth-order valence-electron chi connectivity index (χ4n) is 2.33. The van der Waals surface area contributed by atoms with Crippen molar-refractivity contribution < 1.29 is 31.2 Å². The quantitative estimate of drug-likeness (QED) is 0.624. The van der Waals surface area contributed by atoms with Gasteiger partial charge in [-0.05, 0) is 36.8 Å². The Bertz CT molecular complexity index is 721. The maximum atomic E-state index is 12.2. The van der Waals surface area contributed by atoms with E-state index in [9.17, 15) is 13.5 Å². The summed E-state index contributed by atoms with van der Waals surface area (Å²) in [7, 11) is -3.33. The summed E-state index contributed by atoms with van der Waals surface area (Å²) in [6.45, 7) is 2.27. The number of halogens is 2. The third-order valence-electron chi connectivity index (χ3n) is 3.74. The molecule has 0 radical (unpaired) electrons. The highest BCUT2D eigenvalue weighted by atomic mass is 35.5. The van der Waals surface area contributed by atoms with Crippen LogP contribution in [0.1, 0.15) is 18.6 Å². The molecule has 0 heterocycles. The highest BCUT2D eigenvalue weighted by molar-refractivity contribution is 7.91. The van der Waals surface area contributed by atoms with Gasteiger partial charge in [0.15, 0.2) is 9.84 Å². The lowest BCUT2D eigenvalue weighted by Crippen LogP contribution is -3.00. The number of rotatable bonds is 7. The van der Waals surface area contributed by atoms with E-state index in [1.54, 1.807) is 12.1 Å². The predicted octanol–water partition coefficient (Wildman–Crippen LogP) is -1.20. The highest BCUT2D eigenvalue weighted by Crippen LogP contribution is 2.15. The lowest BCUT2D eigenvalue weighted by Gasteiger charge is -2.17. The lowest BCUT2D eigenvalue weighted by atomic mass is 10.0. The monoisotopic (exact) mass is 389 g/mol. The van der Waals surface area contributed by atoms with Crippen molar-refractivity contribution in [2.75, 3.05) is 12.3 Å². The maximum absolute atomic E-state index is 12.2. The Balaban J connectivity index is 0.00000288. The fraction of sp³-hybridized carbons (Fsp3) is 0.294.